The fraction of sp³-hybridized carbons (Fsp3) is 0.421. The topological polar surface area (TPSA) is 43.4 Å². The van der Waals surface area contributed by atoms with Gasteiger partial charge in [0.1, 0.15) is 0 Å². The van der Waals surface area contributed by atoms with E-state index in [0.29, 0.717) is 24.3 Å². The van der Waals surface area contributed by atoms with Crippen molar-refractivity contribution in [2.24, 2.45) is 0 Å². The molecule has 2 heterocycles. The highest BCUT2D eigenvalue weighted by Crippen LogP contribution is 2.30. The van der Waals surface area contributed by atoms with E-state index in [1.807, 2.05) is 55.2 Å². The van der Waals surface area contributed by atoms with E-state index in [2.05, 4.69) is 16.4 Å². The molecule has 1 N–H and O–H groups in total. The summed E-state index contributed by atoms with van der Waals surface area (Å²) in [5.74, 6) is 4.55. The van der Waals surface area contributed by atoms with Gasteiger partial charge in [0.05, 0.1) is 6.61 Å². The van der Waals surface area contributed by atoms with Crippen molar-refractivity contribution in [3.8, 4) is 17.4 Å². The van der Waals surface area contributed by atoms with Gasteiger partial charge in [-0.05, 0) is 49.0 Å². The lowest BCUT2D eigenvalue weighted by molar-refractivity contribution is 0.319. The molecule has 1 saturated heterocycles. The zero-order valence-electron chi connectivity index (χ0n) is 14.0. The second kappa shape index (κ2) is 8.94. The number of hydrogen-bond acceptors (Lipinski definition) is 5. The summed E-state index contributed by atoms with van der Waals surface area (Å²) < 4.78 is 11.4. The number of nitrogens with zero attached hydrogens (tertiary/aromatic N) is 1. The van der Waals surface area contributed by atoms with Gasteiger partial charge in [-0.25, -0.2) is 4.98 Å². The normalized spacial score (nSPS) is 15.2. The fourth-order valence-electron chi connectivity index (χ4n) is 2.66. The second-order valence-corrected chi connectivity index (χ2v) is 6.98. The van der Waals surface area contributed by atoms with Crippen LogP contribution in [0.1, 0.15) is 25.3 Å². The summed E-state index contributed by atoms with van der Waals surface area (Å²) in [5.41, 5.74) is 1.18. The average Bonchev–Trinajstić information content (AvgIpc) is 2.64. The summed E-state index contributed by atoms with van der Waals surface area (Å²) in [5, 5.41) is 3.62. The Kier molecular flexibility index (Phi) is 6.38. The van der Waals surface area contributed by atoms with Gasteiger partial charge < -0.3 is 14.8 Å². The highest BCUT2D eigenvalue weighted by molar-refractivity contribution is 7.99. The second-order valence-electron chi connectivity index (χ2n) is 5.75. The number of ether oxygens (including phenoxy) is 2. The van der Waals surface area contributed by atoms with Crippen molar-refractivity contribution in [2.45, 2.75) is 32.4 Å². The average molecular weight is 344 g/mol. The van der Waals surface area contributed by atoms with Gasteiger partial charge >= 0.3 is 0 Å². The van der Waals surface area contributed by atoms with Gasteiger partial charge in [0.2, 0.25) is 5.88 Å². The van der Waals surface area contributed by atoms with Crippen LogP contribution in [0.3, 0.4) is 0 Å². The van der Waals surface area contributed by atoms with Gasteiger partial charge in [-0.3, -0.25) is 0 Å². The molecule has 3 rings (SSSR count). The third-order valence-electron chi connectivity index (χ3n) is 3.98. The van der Waals surface area contributed by atoms with Gasteiger partial charge in [-0.2, -0.15) is 11.8 Å². The first-order chi connectivity index (χ1) is 11.8. The van der Waals surface area contributed by atoms with Crippen LogP contribution in [0.25, 0.3) is 0 Å². The Morgan fingerprint density at radius 2 is 1.92 bits per heavy atom. The van der Waals surface area contributed by atoms with E-state index in [0.717, 1.165) is 12.3 Å². The smallest absolute Gasteiger partial charge is 0.219 e. The predicted molar refractivity (Wildman–Crippen MR) is 99.1 cm³/mol. The molecular formula is C19H24N2O2S. The molecule has 1 aliphatic rings. The van der Waals surface area contributed by atoms with Crippen LogP contribution in [0.4, 0.5) is 0 Å². The van der Waals surface area contributed by atoms with Crippen LogP contribution in [0.2, 0.25) is 0 Å². The first kappa shape index (κ1) is 17.1. The van der Waals surface area contributed by atoms with E-state index in [1.165, 1.54) is 29.9 Å². The minimum absolute atomic E-state index is 0.583. The zero-order valence-corrected chi connectivity index (χ0v) is 14.8. The lowest BCUT2D eigenvalue weighted by Crippen LogP contribution is -2.32. The van der Waals surface area contributed by atoms with Crippen LogP contribution in [0.15, 0.2) is 42.6 Å². The molecule has 0 atom stereocenters. The Morgan fingerprint density at radius 1 is 1.12 bits per heavy atom. The zero-order chi connectivity index (χ0) is 16.6. The SMILES string of the molecule is CCOc1ccccc1Oc1ccc(CNC2CCSCC2)cn1. The summed E-state index contributed by atoms with van der Waals surface area (Å²) in [6.07, 6.45) is 4.39. The monoisotopic (exact) mass is 344 g/mol. The lowest BCUT2D eigenvalue weighted by atomic mass is 10.1. The van der Waals surface area contributed by atoms with Gasteiger partial charge in [0.25, 0.3) is 0 Å². The molecule has 0 spiro atoms. The number of nitrogens with one attached hydrogen (secondary N) is 1. The van der Waals surface area contributed by atoms with Crippen molar-refractivity contribution in [1.82, 2.24) is 10.3 Å². The van der Waals surface area contributed by atoms with Gasteiger partial charge in [-0.15, -0.1) is 0 Å². The summed E-state index contributed by atoms with van der Waals surface area (Å²) in [4.78, 5) is 4.42. The molecular weight excluding hydrogens is 320 g/mol. The van der Waals surface area contributed by atoms with Gasteiger partial charge in [0.15, 0.2) is 11.5 Å². The fourth-order valence-corrected chi connectivity index (χ4v) is 3.77. The van der Waals surface area contributed by atoms with Crippen LogP contribution in [-0.2, 0) is 6.54 Å². The molecule has 1 aliphatic heterocycles. The minimum Gasteiger partial charge on any atom is -0.490 e. The molecule has 0 bridgehead atoms. The maximum absolute atomic E-state index is 5.85. The Morgan fingerprint density at radius 3 is 2.62 bits per heavy atom. The van der Waals surface area contributed by atoms with Gasteiger partial charge in [-0.1, -0.05) is 18.2 Å². The van der Waals surface area contributed by atoms with Crippen LogP contribution in [0.5, 0.6) is 17.4 Å². The Labute approximate surface area is 148 Å². The largest absolute Gasteiger partial charge is 0.490 e. The van der Waals surface area contributed by atoms with Crippen LogP contribution >= 0.6 is 11.8 Å². The molecule has 0 radical (unpaired) electrons. The molecule has 24 heavy (non-hydrogen) atoms. The quantitative estimate of drug-likeness (QED) is 0.813. The predicted octanol–water partition coefficient (Wildman–Crippen LogP) is 4.26. The van der Waals surface area contributed by atoms with E-state index in [-0.39, 0.29) is 0 Å². The molecule has 0 aliphatic carbocycles. The van der Waals surface area contributed by atoms with E-state index in [9.17, 15) is 0 Å². The number of hydrogen-bond donors (Lipinski definition) is 1. The van der Waals surface area contributed by atoms with Crippen molar-refractivity contribution in [3.05, 3.63) is 48.2 Å². The number of rotatable bonds is 7. The van der Waals surface area contributed by atoms with Gasteiger partial charge in [0, 0.05) is 24.8 Å². The Hall–Kier alpha value is -1.72. The third-order valence-corrected chi connectivity index (χ3v) is 5.03. The van der Waals surface area contributed by atoms with Crippen LogP contribution < -0.4 is 14.8 Å². The van der Waals surface area contributed by atoms with Crippen molar-refractivity contribution in [1.29, 1.82) is 0 Å². The number of pyridine rings is 1. The van der Waals surface area contributed by atoms with Crippen molar-refractivity contribution in [2.75, 3.05) is 18.1 Å². The van der Waals surface area contributed by atoms with E-state index < -0.39 is 0 Å². The molecule has 0 unspecified atom stereocenters. The molecule has 0 saturated carbocycles. The molecule has 4 nitrogen and oxygen atoms in total. The standard InChI is InChI=1S/C19H24N2O2S/c1-2-22-17-5-3-4-6-18(17)23-19-8-7-15(14-21-19)13-20-16-9-11-24-12-10-16/h3-8,14,16,20H,2,9-13H2,1H3. The number of para-hydroxylation sites is 2. The summed E-state index contributed by atoms with van der Waals surface area (Å²) in [7, 11) is 0. The molecule has 1 aromatic carbocycles. The Balaban J connectivity index is 1.56. The molecule has 1 fully saturated rings. The third kappa shape index (κ3) is 4.89. The lowest BCUT2D eigenvalue weighted by Gasteiger charge is -2.22. The first-order valence-corrected chi connectivity index (χ1v) is 9.66. The highest BCUT2D eigenvalue weighted by Gasteiger charge is 2.12. The number of aromatic nitrogens is 1. The molecule has 5 heteroatoms. The molecule has 0 amide bonds. The maximum Gasteiger partial charge on any atom is 0.219 e. The molecule has 128 valence electrons. The van der Waals surface area contributed by atoms with E-state index >= 15 is 0 Å². The highest BCUT2D eigenvalue weighted by atomic mass is 32.2. The van der Waals surface area contributed by atoms with Crippen molar-refractivity contribution < 1.29 is 9.47 Å². The Bertz CT molecular complexity index is 628. The van der Waals surface area contributed by atoms with E-state index in [4.69, 9.17) is 9.47 Å². The summed E-state index contributed by atoms with van der Waals surface area (Å²) >= 11 is 2.05. The van der Waals surface area contributed by atoms with Crippen LogP contribution in [-0.4, -0.2) is 29.1 Å². The number of thioether (sulfide) groups is 1. The molecule has 1 aromatic heterocycles. The summed E-state index contributed by atoms with van der Waals surface area (Å²) in [6.45, 7) is 3.43. The summed E-state index contributed by atoms with van der Waals surface area (Å²) in [6, 6.07) is 12.3. The van der Waals surface area contributed by atoms with Crippen LogP contribution in [0, 0.1) is 0 Å². The number of benzene rings is 1. The maximum atomic E-state index is 5.85. The van der Waals surface area contributed by atoms with Crippen molar-refractivity contribution in [3.63, 3.8) is 0 Å². The van der Waals surface area contributed by atoms with Crippen molar-refractivity contribution >= 4 is 11.8 Å². The minimum atomic E-state index is 0.583. The molecule has 2 aromatic rings. The van der Waals surface area contributed by atoms with E-state index in [1.54, 1.807) is 0 Å². The first-order valence-electron chi connectivity index (χ1n) is 8.51.